The molecule has 88 valence electrons. The summed E-state index contributed by atoms with van der Waals surface area (Å²) in [4.78, 5) is 11.4. The third kappa shape index (κ3) is 4.51. The Morgan fingerprint density at radius 3 is 2.73 bits per heavy atom. The third-order valence-corrected chi connectivity index (χ3v) is 2.55. The fourth-order valence-electron chi connectivity index (χ4n) is 1.64. The normalized spacial score (nSPS) is 22.8. The summed E-state index contributed by atoms with van der Waals surface area (Å²) in [7, 11) is 0. The minimum Gasteiger partial charge on any atom is -0.376 e. The highest BCUT2D eigenvalue weighted by atomic mass is 16.5. The highest BCUT2D eigenvalue weighted by Gasteiger charge is 2.23. The average molecular weight is 214 g/mol. The van der Waals surface area contributed by atoms with E-state index in [9.17, 15) is 4.79 Å². The molecular formula is C11H22N2O2. The number of carbonyl (C=O) groups is 1. The quantitative estimate of drug-likeness (QED) is 0.745. The number of ether oxygens (including phenoxy) is 1. The van der Waals surface area contributed by atoms with Crippen LogP contribution in [0.15, 0.2) is 0 Å². The molecular weight excluding hydrogens is 192 g/mol. The first-order valence-electron chi connectivity index (χ1n) is 5.75. The molecule has 0 aromatic heterocycles. The van der Waals surface area contributed by atoms with E-state index in [1.54, 1.807) is 0 Å². The Bertz CT molecular complexity index is 201. The molecule has 2 atom stereocenters. The van der Waals surface area contributed by atoms with Crippen LogP contribution in [-0.2, 0) is 4.74 Å². The van der Waals surface area contributed by atoms with Gasteiger partial charge in [-0.15, -0.1) is 0 Å². The standard InChI is InChI=1S/C11H22N2O2/c1-8(2)7-12-11(14)13-9(3)10-5-4-6-15-10/h8-10H,4-7H2,1-3H3,(H2,12,13,14). The molecule has 2 N–H and O–H groups in total. The summed E-state index contributed by atoms with van der Waals surface area (Å²) in [6.07, 6.45) is 2.34. The van der Waals surface area contributed by atoms with E-state index in [2.05, 4.69) is 24.5 Å². The van der Waals surface area contributed by atoms with Gasteiger partial charge in [0.05, 0.1) is 12.1 Å². The van der Waals surface area contributed by atoms with E-state index in [1.165, 1.54) is 0 Å². The van der Waals surface area contributed by atoms with Gasteiger partial charge < -0.3 is 15.4 Å². The van der Waals surface area contributed by atoms with Crippen molar-refractivity contribution in [3.05, 3.63) is 0 Å². The molecule has 0 radical (unpaired) electrons. The fourth-order valence-corrected chi connectivity index (χ4v) is 1.64. The largest absolute Gasteiger partial charge is 0.376 e. The van der Waals surface area contributed by atoms with E-state index in [0.29, 0.717) is 12.5 Å². The Kier molecular flexibility index (Phi) is 4.88. The second kappa shape index (κ2) is 5.95. The van der Waals surface area contributed by atoms with Crippen LogP contribution in [0.25, 0.3) is 0 Å². The first-order valence-corrected chi connectivity index (χ1v) is 5.75. The van der Waals surface area contributed by atoms with Crippen LogP contribution in [0.2, 0.25) is 0 Å². The molecule has 0 aromatic rings. The Morgan fingerprint density at radius 2 is 2.20 bits per heavy atom. The van der Waals surface area contributed by atoms with E-state index >= 15 is 0 Å². The number of nitrogens with one attached hydrogen (secondary N) is 2. The molecule has 1 rings (SSSR count). The summed E-state index contributed by atoms with van der Waals surface area (Å²) in [5.74, 6) is 0.480. The molecule has 0 aliphatic carbocycles. The molecule has 1 aliphatic heterocycles. The zero-order valence-electron chi connectivity index (χ0n) is 9.88. The van der Waals surface area contributed by atoms with Crippen LogP contribution in [0.1, 0.15) is 33.6 Å². The van der Waals surface area contributed by atoms with Crippen molar-refractivity contribution in [2.75, 3.05) is 13.2 Å². The zero-order valence-corrected chi connectivity index (χ0v) is 9.88. The van der Waals surface area contributed by atoms with Crippen molar-refractivity contribution in [3.8, 4) is 0 Å². The van der Waals surface area contributed by atoms with Crippen LogP contribution in [-0.4, -0.2) is 31.3 Å². The maximum absolute atomic E-state index is 11.4. The smallest absolute Gasteiger partial charge is 0.315 e. The van der Waals surface area contributed by atoms with E-state index in [4.69, 9.17) is 4.74 Å². The summed E-state index contributed by atoms with van der Waals surface area (Å²) < 4.78 is 5.50. The molecule has 1 saturated heterocycles. The maximum atomic E-state index is 11.4. The number of carbonyl (C=O) groups excluding carboxylic acids is 1. The highest BCUT2D eigenvalue weighted by Crippen LogP contribution is 2.15. The number of urea groups is 1. The lowest BCUT2D eigenvalue weighted by atomic mass is 10.1. The van der Waals surface area contributed by atoms with Gasteiger partial charge >= 0.3 is 6.03 Å². The van der Waals surface area contributed by atoms with Gasteiger partial charge in [-0.1, -0.05) is 13.8 Å². The first-order chi connectivity index (χ1) is 7.09. The molecule has 0 aromatic carbocycles. The summed E-state index contributed by atoms with van der Waals surface area (Å²) >= 11 is 0. The lowest BCUT2D eigenvalue weighted by Crippen LogP contribution is -2.46. The van der Waals surface area contributed by atoms with E-state index in [-0.39, 0.29) is 18.2 Å². The predicted molar refractivity (Wildman–Crippen MR) is 59.8 cm³/mol. The van der Waals surface area contributed by atoms with Gasteiger partial charge in [-0.2, -0.15) is 0 Å². The van der Waals surface area contributed by atoms with Crippen LogP contribution in [0.5, 0.6) is 0 Å². The van der Waals surface area contributed by atoms with Crippen molar-refractivity contribution in [1.29, 1.82) is 0 Å². The number of amides is 2. The van der Waals surface area contributed by atoms with E-state index < -0.39 is 0 Å². The molecule has 2 amide bonds. The van der Waals surface area contributed by atoms with Gasteiger partial charge in [-0.05, 0) is 25.7 Å². The van der Waals surface area contributed by atoms with Crippen molar-refractivity contribution in [1.82, 2.24) is 10.6 Å². The molecule has 4 heteroatoms. The summed E-state index contributed by atoms with van der Waals surface area (Å²) in [6.45, 7) is 7.67. The lowest BCUT2D eigenvalue weighted by Gasteiger charge is -2.20. The van der Waals surface area contributed by atoms with Crippen LogP contribution >= 0.6 is 0 Å². The first kappa shape index (κ1) is 12.3. The van der Waals surface area contributed by atoms with Crippen molar-refractivity contribution in [3.63, 3.8) is 0 Å². The molecule has 0 bridgehead atoms. The monoisotopic (exact) mass is 214 g/mol. The lowest BCUT2D eigenvalue weighted by molar-refractivity contribution is 0.0860. The number of hydrogen-bond acceptors (Lipinski definition) is 2. The summed E-state index contributed by atoms with van der Waals surface area (Å²) in [6, 6.07) is 0.00589. The molecule has 1 aliphatic rings. The average Bonchev–Trinajstić information content (AvgIpc) is 2.67. The van der Waals surface area contributed by atoms with Gasteiger partial charge in [0.25, 0.3) is 0 Å². The van der Waals surface area contributed by atoms with Crippen LogP contribution in [0.4, 0.5) is 4.79 Å². The van der Waals surface area contributed by atoms with Crippen molar-refractivity contribution >= 4 is 6.03 Å². The second-order valence-electron chi connectivity index (χ2n) is 4.59. The van der Waals surface area contributed by atoms with Gasteiger partial charge in [0.2, 0.25) is 0 Å². The molecule has 0 saturated carbocycles. The Labute approximate surface area is 91.8 Å². The molecule has 15 heavy (non-hydrogen) atoms. The Morgan fingerprint density at radius 1 is 1.47 bits per heavy atom. The minimum atomic E-state index is -0.0910. The summed E-state index contributed by atoms with van der Waals surface area (Å²) in [5.41, 5.74) is 0. The summed E-state index contributed by atoms with van der Waals surface area (Å²) in [5, 5.41) is 5.73. The van der Waals surface area contributed by atoms with Gasteiger partial charge in [-0.3, -0.25) is 0 Å². The van der Waals surface area contributed by atoms with Gasteiger partial charge in [0.15, 0.2) is 0 Å². The van der Waals surface area contributed by atoms with Crippen molar-refractivity contribution in [2.24, 2.45) is 5.92 Å². The zero-order chi connectivity index (χ0) is 11.3. The highest BCUT2D eigenvalue weighted by molar-refractivity contribution is 5.74. The minimum absolute atomic E-state index is 0.0910. The van der Waals surface area contributed by atoms with Gasteiger partial charge in [0.1, 0.15) is 0 Å². The second-order valence-corrected chi connectivity index (χ2v) is 4.59. The Hall–Kier alpha value is -0.770. The number of rotatable bonds is 4. The van der Waals surface area contributed by atoms with Gasteiger partial charge in [-0.25, -0.2) is 4.79 Å². The van der Waals surface area contributed by atoms with Crippen LogP contribution < -0.4 is 10.6 Å². The SMILES string of the molecule is CC(C)CNC(=O)NC(C)C1CCCO1. The van der Waals surface area contributed by atoms with E-state index in [0.717, 1.165) is 19.4 Å². The molecule has 4 nitrogen and oxygen atoms in total. The maximum Gasteiger partial charge on any atom is 0.315 e. The van der Waals surface area contributed by atoms with Crippen LogP contribution in [0.3, 0.4) is 0 Å². The predicted octanol–water partition coefficient (Wildman–Crippen LogP) is 1.51. The van der Waals surface area contributed by atoms with E-state index in [1.807, 2.05) is 6.92 Å². The van der Waals surface area contributed by atoms with Crippen LogP contribution in [0, 0.1) is 5.92 Å². The van der Waals surface area contributed by atoms with Crippen molar-refractivity contribution in [2.45, 2.75) is 45.8 Å². The molecule has 1 fully saturated rings. The molecule has 0 spiro atoms. The Balaban J connectivity index is 2.18. The van der Waals surface area contributed by atoms with Gasteiger partial charge in [0, 0.05) is 13.2 Å². The number of hydrogen-bond donors (Lipinski definition) is 2. The third-order valence-electron chi connectivity index (χ3n) is 2.55. The molecule has 2 unspecified atom stereocenters. The van der Waals surface area contributed by atoms with Crippen molar-refractivity contribution < 1.29 is 9.53 Å². The molecule has 1 heterocycles. The fraction of sp³-hybridized carbons (Fsp3) is 0.909. The topological polar surface area (TPSA) is 50.4 Å².